The smallest absolute Gasteiger partial charge is 0.239 e. The molecule has 0 saturated carbocycles. The quantitative estimate of drug-likeness (QED) is 0.626. The Morgan fingerprint density at radius 2 is 2.06 bits per heavy atom. The van der Waals surface area contributed by atoms with E-state index in [2.05, 4.69) is 20.5 Å². The van der Waals surface area contributed by atoms with E-state index in [0.717, 1.165) is 17.0 Å². The van der Waals surface area contributed by atoms with Gasteiger partial charge in [-0.15, -0.1) is 0 Å². The lowest BCUT2D eigenvalue weighted by Gasteiger charge is -2.08. The summed E-state index contributed by atoms with van der Waals surface area (Å²) in [5.74, 6) is 6.30. The van der Waals surface area contributed by atoms with Crippen LogP contribution in [0.5, 0.6) is 0 Å². The van der Waals surface area contributed by atoms with Crippen LogP contribution in [0.4, 0.5) is 5.95 Å². The summed E-state index contributed by atoms with van der Waals surface area (Å²) >= 11 is 6.11. The number of hydrogen-bond acceptors (Lipinski definition) is 5. The van der Waals surface area contributed by atoms with Crippen LogP contribution in [0.2, 0.25) is 5.02 Å². The summed E-state index contributed by atoms with van der Waals surface area (Å²) in [4.78, 5) is 8.29. The first-order valence-corrected chi connectivity index (χ1v) is 5.44. The summed E-state index contributed by atoms with van der Waals surface area (Å²) in [6.45, 7) is 5.64. The highest BCUT2D eigenvalue weighted by Gasteiger charge is 2.14. The third-order valence-electron chi connectivity index (χ3n) is 2.48. The third-order valence-corrected chi connectivity index (χ3v) is 3.02. The maximum atomic E-state index is 6.11. The van der Waals surface area contributed by atoms with E-state index in [4.69, 9.17) is 17.4 Å². The summed E-state index contributed by atoms with van der Waals surface area (Å²) in [6.07, 6.45) is 1.68. The first kappa shape index (κ1) is 11.8. The van der Waals surface area contributed by atoms with Crippen molar-refractivity contribution in [2.24, 2.45) is 5.84 Å². The Morgan fingerprint density at radius 3 is 2.59 bits per heavy atom. The van der Waals surface area contributed by atoms with E-state index in [9.17, 15) is 0 Å². The third kappa shape index (κ3) is 1.96. The Labute approximate surface area is 104 Å². The summed E-state index contributed by atoms with van der Waals surface area (Å²) < 4.78 is 1.69. The summed E-state index contributed by atoms with van der Waals surface area (Å²) in [6, 6.07) is 0. The van der Waals surface area contributed by atoms with Crippen LogP contribution in [0.25, 0.3) is 5.82 Å². The van der Waals surface area contributed by atoms with Crippen molar-refractivity contribution < 1.29 is 0 Å². The highest BCUT2D eigenvalue weighted by atomic mass is 35.5. The average molecular weight is 253 g/mol. The van der Waals surface area contributed by atoms with Gasteiger partial charge in [0.25, 0.3) is 0 Å². The molecule has 0 aliphatic rings. The summed E-state index contributed by atoms with van der Waals surface area (Å²) in [5.41, 5.74) is 4.91. The molecule has 7 heteroatoms. The van der Waals surface area contributed by atoms with Crippen molar-refractivity contribution in [3.8, 4) is 5.82 Å². The molecule has 3 N–H and O–H groups in total. The fourth-order valence-electron chi connectivity index (χ4n) is 1.55. The molecule has 0 amide bonds. The predicted molar refractivity (Wildman–Crippen MR) is 66.2 cm³/mol. The first-order valence-electron chi connectivity index (χ1n) is 5.07. The van der Waals surface area contributed by atoms with Gasteiger partial charge in [0.2, 0.25) is 5.95 Å². The monoisotopic (exact) mass is 252 g/mol. The van der Waals surface area contributed by atoms with Crippen LogP contribution in [0.3, 0.4) is 0 Å². The van der Waals surface area contributed by atoms with Gasteiger partial charge in [-0.3, -0.25) is 5.43 Å². The fourth-order valence-corrected chi connectivity index (χ4v) is 1.66. The molecule has 0 fully saturated rings. The van der Waals surface area contributed by atoms with Crippen LogP contribution < -0.4 is 11.3 Å². The Kier molecular flexibility index (Phi) is 2.99. The molecular formula is C10H13ClN6. The lowest BCUT2D eigenvalue weighted by atomic mass is 10.3. The lowest BCUT2D eigenvalue weighted by Crippen LogP contribution is -2.13. The molecule has 0 unspecified atom stereocenters. The van der Waals surface area contributed by atoms with Crippen molar-refractivity contribution in [2.75, 3.05) is 5.43 Å². The van der Waals surface area contributed by atoms with Crippen LogP contribution in [0.15, 0.2) is 6.20 Å². The standard InChI is InChI=1S/C10H13ClN6/c1-5-4-13-10(15-12)14-9(5)17-7(3)8(11)6(2)16-17/h4H,12H2,1-3H3,(H,13,14,15). The highest BCUT2D eigenvalue weighted by Crippen LogP contribution is 2.23. The van der Waals surface area contributed by atoms with E-state index in [1.165, 1.54) is 0 Å². The molecule has 0 spiro atoms. The molecule has 2 aromatic rings. The van der Waals surface area contributed by atoms with Crippen molar-refractivity contribution in [3.63, 3.8) is 0 Å². The number of nitrogens with two attached hydrogens (primary N) is 1. The molecule has 0 bridgehead atoms. The van der Waals surface area contributed by atoms with E-state index in [1.54, 1.807) is 10.9 Å². The second-order valence-electron chi connectivity index (χ2n) is 3.74. The topological polar surface area (TPSA) is 81.6 Å². The zero-order chi connectivity index (χ0) is 12.6. The van der Waals surface area contributed by atoms with E-state index >= 15 is 0 Å². The fraction of sp³-hybridized carbons (Fsp3) is 0.300. The van der Waals surface area contributed by atoms with Gasteiger partial charge in [-0.25, -0.2) is 15.5 Å². The molecule has 0 aliphatic heterocycles. The molecule has 0 saturated heterocycles. The Bertz CT molecular complexity index is 562. The van der Waals surface area contributed by atoms with Crippen molar-refractivity contribution in [1.82, 2.24) is 19.7 Å². The lowest BCUT2D eigenvalue weighted by molar-refractivity contribution is 0.793. The van der Waals surface area contributed by atoms with Gasteiger partial charge in [-0.05, 0) is 20.8 Å². The number of aromatic nitrogens is 4. The van der Waals surface area contributed by atoms with Crippen LogP contribution in [0, 0.1) is 20.8 Å². The molecule has 0 aliphatic carbocycles. The van der Waals surface area contributed by atoms with Crippen molar-refractivity contribution >= 4 is 17.5 Å². The number of nitrogen functional groups attached to an aromatic ring is 1. The number of hydrogen-bond donors (Lipinski definition) is 2. The summed E-state index contributed by atoms with van der Waals surface area (Å²) in [7, 11) is 0. The van der Waals surface area contributed by atoms with E-state index in [0.29, 0.717) is 16.8 Å². The minimum atomic E-state index is 0.342. The maximum Gasteiger partial charge on any atom is 0.239 e. The van der Waals surface area contributed by atoms with Crippen molar-refractivity contribution in [1.29, 1.82) is 0 Å². The minimum absolute atomic E-state index is 0.342. The van der Waals surface area contributed by atoms with Gasteiger partial charge in [-0.1, -0.05) is 11.6 Å². The van der Waals surface area contributed by atoms with Crippen molar-refractivity contribution in [3.05, 3.63) is 28.2 Å². The molecule has 2 aromatic heterocycles. The average Bonchev–Trinajstić information content (AvgIpc) is 2.58. The van der Waals surface area contributed by atoms with Crippen LogP contribution in [0.1, 0.15) is 17.0 Å². The largest absolute Gasteiger partial charge is 0.292 e. The second kappa shape index (κ2) is 4.31. The van der Waals surface area contributed by atoms with Crippen molar-refractivity contribution in [2.45, 2.75) is 20.8 Å². The molecule has 17 heavy (non-hydrogen) atoms. The number of nitrogens with zero attached hydrogens (tertiary/aromatic N) is 4. The maximum absolute atomic E-state index is 6.11. The predicted octanol–water partition coefficient (Wildman–Crippen LogP) is 1.53. The molecular weight excluding hydrogens is 240 g/mol. The highest BCUT2D eigenvalue weighted by molar-refractivity contribution is 6.31. The van der Waals surface area contributed by atoms with Crippen LogP contribution >= 0.6 is 11.6 Å². The zero-order valence-corrected chi connectivity index (χ0v) is 10.6. The number of halogens is 1. The van der Waals surface area contributed by atoms with Crippen LogP contribution in [-0.4, -0.2) is 19.7 Å². The second-order valence-corrected chi connectivity index (χ2v) is 4.12. The molecule has 6 nitrogen and oxygen atoms in total. The molecule has 2 rings (SSSR count). The van der Waals surface area contributed by atoms with Gasteiger partial charge in [0, 0.05) is 11.8 Å². The van der Waals surface area contributed by atoms with E-state index < -0.39 is 0 Å². The molecule has 0 radical (unpaired) electrons. The van der Waals surface area contributed by atoms with E-state index in [-0.39, 0.29) is 0 Å². The SMILES string of the molecule is Cc1cnc(NN)nc1-n1nc(C)c(Cl)c1C. The zero-order valence-electron chi connectivity index (χ0n) is 9.82. The van der Waals surface area contributed by atoms with E-state index in [1.807, 2.05) is 20.8 Å². The van der Waals surface area contributed by atoms with Gasteiger partial charge < -0.3 is 0 Å². The Hall–Kier alpha value is -1.66. The number of aryl methyl sites for hydroxylation is 2. The number of anilines is 1. The summed E-state index contributed by atoms with van der Waals surface area (Å²) in [5, 5.41) is 4.99. The first-order chi connectivity index (χ1) is 8.04. The van der Waals surface area contributed by atoms with Gasteiger partial charge >= 0.3 is 0 Å². The van der Waals surface area contributed by atoms with Gasteiger partial charge in [0.1, 0.15) is 0 Å². The van der Waals surface area contributed by atoms with Crippen LogP contribution in [-0.2, 0) is 0 Å². The van der Waals surface area contributed by atoms with Gasteiger partial charge in [-0.2, -0.15) is 10.1 Å². The Morgan fingerprint density at radius 1 is 1.35 bits per heavy atom. The van der Waals surface area contributed by atoms with Gasteiger partial charge in [0.05, 0.1) is 16.4 Å². The normalized spacial score (nSPS) is 10.6. The Balaban J connectivity index is 2.63. The number of nitrogens with one attached hydrogen (secondary N) is 1. The van der Waals surface area contributed by atoms with Gasteiger partial charge in [0.15, 0.2) is 5.82 Å². The molecule has 90 valence electrons. The number of hydrazine groups is 1. The molecule has 0 aromatic carbocycles. The molecule has 0 atom stereocenters. The number of rotatable bonds is 2. The molecule has 2 heterocycles. The minimum Gasteiger partial charge on any atom is -0.292 e.